The molecule has 24 heavy (non-hydrogen) atoms. The van der Waals surface area contributed by atoms with E-state index in [1.807, 2.05) is 59.0 Å². The number of halogens is 2. The molecule has 4 rings (SSSR count). The molecule has 0 spiro atoms. The third-order valence-electron chi connectivity index (χ3n) is 3.74. The highest BCUT2D eigenvalue weighted by Gasteiger charge is 2.11. The summed E-state index contributed by atoms with van der Waals surface area (Å²) < 4.78 is 4.61. The zero-order valence-electron chi connectivity index (χ0n) is 12.7. The van der Waals surface area contributed by atoms with E-state index in [-0.39, 0.29) is 0 Å². The molecule has 4 aromatic rings. The summed E-state index contributed by atoms with van der Waals surface area (Å²) in [5.41, 5.74) is 2.90. The van der Waals surface area contributed by atoms with Gasteiger partial charge in [0.25, 0.3) is 0 Å². The summed E-state index contributed by atoms with van der Waals surface area (Å²) in [5, 5.41) is 13.9. The minimum absolute atomic E-state index is 0.683. The quantitative estimate of drug-likeness (QED) is 0.529. The van der Waals surface area contributed by atoms with Gasteiger partial charge in [0.2, 0.25) is 0 Å². The average Bonchev–Trinajstić information content (AvgIpc) is 3.12. The van der Waals surface area contributed by atoms with Crippen molar-refractivity contribution >= 4 is 49.9 Å². The summed E-state index contributed by atoms with van der Waals surface area (Å²) in [6, 6.07) is 13.7. The molecule has 0 radical (unpaired) electrons. The van der Waals surface area contributed by atoms with E-state index in [9.17, 15) is 0 Å². The van der Waals surface area contributed by atoms with E-state index in [1.165, 1.54) is 0 Å². The molecule has 2 aromatic heterocycles. The van der Waals surface area contributed by atoms with Gasteiger partial charge in [-0.3, -0.25) is 4.68 Å². The molecule has 0 atom stereocenters. The van der Waals surface area contributed by atoms with E-state index in [0.29, 0.717) is 5.02 Å². The zero-order chi connectivity index (χ0) is 16.7. The van der Waals surface area contributed by atoms with Crippen LogP contribution < -0.4 is 5.32 Å². The molecule has 2 heterocycles. The van der Waals surface area contributed by atoms with Crippen LogP contribution in [0.5, 0.6) is 0 Å². The second-order valence-corrected chi connectivity index (χ2v) is 6.76. The lowest BCUT2D eigenvalue weighted by atomic mass is 10.2. The standard InChI is InChI=1S/C17H13BrClN5/c1-23-16-6-5-14(24-10-11(18)9-20-24)8-15(16)17(22-23)21-13-4-2-3-12(19)7-13/h2-10H,1H3,(H,21,22). The van der Waals surface area contributed by atoms with Crippen molar-refractivity contribution in [3.63, 3.8) is 0 Å². The fourth-order valence-corrected chi connectivity index (χ4v) is 3.11. The van der Waals surface area contributed by atoms with E-state index in [4.69, 9.17) is 11.6 Å². The largest absolute Gasteiger partial charge is 0.338 e. The van der Waals surface area contributed by atoms with Crippen LogP contribution in [0.25, 0.3) is 16.6 Å². The van der Waals surface area contributed by atoms with Crippen LogP contribution in [-0.4, -0.2) is 19.6 Å². The molecule has 0 aliphatic heterocycles. The van der Waals surface area contributed by atoms with Crippen molar-refractivity contribution in [1.82, 2.24) is 19.6 Å². The van der Waals surface area contributed by atoms with E-state index < -0.39 is 0 Å². The number of hydrogen-bond acceptors (Lipinski definition) is 3. The van der Waals surface area contributed by atoms with Crippen LogP contribution >= 0.6 is 27.5 Å². The first kappa shape index (κ1) is 15.2. The Morgan fingerprint density at radius 3 is 2.79 bits per heavy atom. The second-order valence-electron chi connectivity index (χ2n) is 5.41. The molecule has 0 amide bonds. The SMILES string of the molecule is Cn1nc(Nc2cccc(Cl)c2)c2cc(-n3cc(Br)cn3)ccc21. The molecule has 0 bridgehead atoms. The lowest BCUT2D eigenvalue weighted by Crippen LogP contribution is -1.94. The summed E-state index contributed by atoms with van der Waals surface area (Å²) in [5.74, 6) is 0.780. The Hall–Kier alpha value is -2.31. The van der Waals surface area contributed by atoms with Gasteiger partial charge in [0.05, 0.1) is 21.9 Å². The molecule has 5 nitrogen and oxygen atoms in total. The number of rotatable bonds is 3. The Morgan fingerprint density at radius 2 is 2.04 bits per heavy atom. The van der Waals surface area contributed by atoms with Gasteiger partial charge in [-0.2, -0.15) is 10.2 Å². The summed E-state index contributed by atoms with van der Waals surface area (Å²) in [4.78, 5) is 0. The van der Waals surface area contributed by atoms with E-state index in [1.54, 1.807) is 6.20 Å². The Morgan fingerprint density at radius 1 is 1.17 bits per heavy atom. The maximum Gasteiger partial charge on any atom is 0.160 e. The van der Waals surface area contributed by atoms with Gasteiger partial charge in [0.15, 0.2) is 5.82 Å². The van der Waals surface area contributed by atoms with Crippen LogP contribution in [0.4, 0.5) is 11.5 Å². The first-order valence-corrected chi connectivity index (χ1v) is 8.47. The number of nitrogens with one attached hydrogen (secondary N) is 1. The molecular weight excluding hydrogens is 390 g/mol. The summed E-state index contributed by atoms with van der Waals surface area (Å²) in [7, 11) is 1.93. The van der Waals surface area contributed by atoms with E-state index in [0.717, 1.165) is 32.6 Å². The van der Waals surface area contributed by atoms with Gasteiger partial charge in [0, 0.05) is 29.3 Å². The van der Waals surface area contributed by atoms with Crippen molar-refractivity contribution in [3.8, 4) is 5.69 Å². The first-order chi connectivity index (χ1) is 11.6. The van der Waals surface area contributed by atoms with Gasteiger partial charge in [-0.1, -0.05) is 17.7 Å². The van der Waals surface area contributed by atoms with Crippen LogP contribution in [0.15, 0.2) is 59.3 Å². The Balaban J connectivity index is 1.80. The third-order valence-corrected chi connectivity index (χ3v) is 4.38. The normalized spacial score (nSPS) is 11.1. The van der Waals surface area contributed by atoms with Crippen LogP contribution in [0.1, 0.15) is 0 Å². The molecule has 1 N–H and O–H groups in total. The molecule has 0 aliphatic carbocycles. The molecule has 0 saturated heterocycles. The number of benzene rings is 2. The fourth-order valence-electron chi connectivity index (χ4n) is 2.63. The summed E-state index contributed by atoms with van der Waals surface area (Å²) in [6.07, 6.45) is 3.68. The van der Waals surface area contributed by atoms with Crippen molar-refractivity contribution < 1.29 is 0 Å². The molecule has 0 aliphatic rings. The smallest absolute Gasteiger partial charge is 0.160 e. The van der Waals surface area contributed by atoms with Gasteiger partial charge >= 0.3 is 0 Å². The summed E-state index contributed by atoms with van der Waals surface area (Å²) >= 11 is 9.48. The van der Waals surface area contributed by atoms with Crippen LogP contribution in [0.2, 0.25) is 5.02 Å². The van der Waals surface area contributed by atoms with Gasteiger partial charge in [-0.15, -0.1) is 0 Å². The Bertz CT molecular complexity index is 1040. The predicted molar refractivity (Wildman–Crippen MR) is 100 cm³/mol. The number of aryl methyl sites for hydroxylation is 1. The van der Waals surface area contributed by atoms with Crippen LogP contribution in [-0.2, 0) is 7.05 Å². The fraction of sp³-hybridized carbons (Fsp3) is 0.0588. The average molecular weight is 403 g/mol. The lowest BCUT2D eigenvalue weighted by Gasteiger charge is -2.05. The topological polar surface area (TPSA) is 47.7 Å². The Kier molecular flexibility index (Phi) is 3.78. The molecule has 0 saturated carbocycles. The van der Waals surface area contributed by atoms with Crippen molar-refractivity contribution in [1.29, 1.82) is 0 Å². The van der Waals surface area contributed by atoms with Gasteiger partial charge < -0.3 is 5.32 Å². The molecular formula is C17H13BrClN5. The molecule has 7 heteroatoms. The van der Waals surface area contributed by atoms with E-state index in [2.05, 4.69) is 37.5 Å². The molecule has 120 valence electrons. The van der Waals surface area contributed by atoms with Crippen LogP contribution in [0, 0.1) is 0 Å². The van der Waals surface area contributed by atoms with E-state index >= 15 is 0 Å². The van der Waals surface area contributed by atoms with Crippen molar-refractivity contribution in [2.45, 2.75) is 0 Å². The second kappa shape index (κ2) is 5.96. The highest BCUT2D eigenvalue weighted by atomic mass is 79.9. The molecule has 0 fully saturated rings. The first-order valence-electron chi connectivity index (χ1n) is 7.30. The summed E-state index contributed by atoms with van der Waals surface area (Å²) in [6.45, 7) is 0. The number of nitrogens with zero attached hydrogens (tertiary/aromatic N) is 4. The van der Waals surface area contributed by atoms with Gasteiger partial charge in [-0.05, 0) is 52.3 Å². The minimum Gasteiger partial charge on any atom is -0.338 e. The number of anilines is 2. The third kappa shape index (κ3) is 2.79. The number of fused-ring (bicyclic) bond motifs is 1. The minimum atomic E-state index is 0.683. The van der Waals surface area contributed by atoms with Crippen molar-refractivity contribution in [3.05, 3.63) is 64.4 Å². The highest BCUT2D eigenvalue weighted by molar-refractivity contribution is 9.10. The van der Waals surface area contributed by atoms with Crippen LogP contribution in [0.3, 0.4) is 0 Å². The van der Waals surface area contributed by atoms with Crippen molar-refractivity contribution in [2.75, 3.05) is 5.32 Å². The zero-order valence-corrected chi connectivity index (χ0v) is 15.1. The molecule has 0 unspecified atom stereocenters. The number of hydrogen-bond donors (Lipinski definition) is 1. The lowest BCUT2D eigenvalue weighted by molar-refractivity contribution is 0.800. The number of aromatic nitrogens is 4. The highest BCUT2D eigenvalue weighted by Crippen LogP contribution is 2.28. The van der Waals surface area contributed by atoms with Gasteiger partial charge in [0.1, 0.15) is 0 Å². The molecule has 2 aromatic carbocycles. The van der Waals surface area contributed by atoms with Gasteiger partial charge in [-0.25, -0.2) is 4.68 Å². The van der Waals surface area contributed by atoms with Crippen molar-refractivity contribution in [2.24, 2.45) is 7.05 Å². The monoisotopic (exact) mass is 401 g/mol. The predicted octanol–water partition coefficient (Wildman–Crippen LogP) is 4.92. The maximum atomic E-state index is 6.06. The maximum absolute atomic E-state index is 6.06. The Labute approximate surface area is 152 Å².